The molecule has 0 saturated carbocycles. The van der Waals surface area contributed by atoms with E-state index in [0.717, 1.165) is 32.7 Å². The van der Waals surface area contributed by atoms with Crippen LogP contribution in [0.1, 0.15) is 21.5 Å². The average molecular weight is 581 g/mol. The van der Waals surface area contributed by atoms with Gasteiger partial charge >= 0.3 is 0 Å². The summed E-state index contributed by atoms with van der Waals surface area (Å²) in [5, 5.41) is 11.9. The second-order valence-electron chi connectivity index (χ2n) is 8.07. The van der Waals surface area contributed by atoms with E-state index in [4.69, 9.17) is 28.2 Å². The van der Waals surface area contributed by atoms with Crippen LogP contribution in [0.2, 0.25) is 10.0 Å². The molecule has 0 aliphatic carbocycles. The molecule has 0 spiro atoms. The number of hydrogen-bond donors (Lipinski definition) is 2. The number of nitrogens with zero attached hydrogens (tertiary/aromatic N) is 3. The van der Waals surface area contributed by atoms with E-state index in [1.54, 1.807) is 35.0 Å². The van der Waals surface area contributed by atoms with Gasteiger partial charge in [-0.3, -0.25) is 4.79 Å². The van der Waals surface area contributed by atoms with Crippen molar-refractivity contribution in [3.05, 3.63) is 116 Å². The Hall–Kier alpha value is -3.39. The maximum atomic E-state index is 12.4. The molecule has 36 heavy (non-hydrogen) atoms. The molecule has 2 heterocycles. The molecule has 0 unspecified atom stereocenters. The van der Waals surface area contributed by atoms with Crippen molar-refractivity contribution in [2.24, 2.45) is 0 Å². The first-order chi connectivity index (χ1) is 17.5. The van der Waals surface area contributed by atoms with E-state index in [1.807, 2.05) is 54.6 Å². The zero-order valence-electron chi connectivity index (χ0n) is 18.9. The first kappa shape index (κ1) is 24.3. The Morgan fingerprint density at radius 2 is 1.56 bits per heavy atom. The highest BCUT2D eigenvalue weighted by molar-refractivity contribution is 9.10. The molecule has 0 atom stereocenters. The number of carbonyl (C=O) groups excluding carboxylic acids is 1. The monoisotopic (exact) mass is 579 g/mol. The van der Waals surface area contributed by atoms with E-state index >= 15 is 0 Å². The number of amides is 1. The van der Waals surface area contributed by atoms with Crippen LogP contribution < -0.4 is 10.6 Å². The fourth-order valence-electron chi connectivity index (χ4n) is 3.76. The number of fused-ring (bicyclic) bond motifs is 1. The van der Waals surface area contributed by atoms with Gasteiger partial charge in [0.05, 0.1) is 26.9 Å². The molecular weight excluding hydrogens is 561 g/mol. The lowest BCUT2D eigenvalue weighted by molar-refractivity contribution is 0.0951. The summed E-state index contributed by atoms with van der Waals surface area (Å²) < 4.78 is 2.55. The Balaban J connectivity index is 1.29. The van der Waals surface area contributed by atoms with Crippen LogP contribution in [0.3, 0.4) is 0 Å². The predicted octanol–water partition coefficient (Wildman–Crippen LogP) is 7.01. The molecule has 0 aliphatic heterocycles. The van der Waals surface area contributed by atoms with Gasteiger partial charge in [-0.2, -0.15) is 9.61 Å². The zero-order valence-corrected chi connectivity index (χ0v) is 22.0. The van der Waals surface area contributed by atoms with Crippen molar-refractivity contribution in [2.45, 2.75) is 13.1 Å². The van der Waals surface area contributed by atoms with Gasteiger partial charge in [-0.05, 0) is 45.3 Å². The van der Waals surface area contributed by atoms with E-state index in [1.165, 1.54) is 0 Å². The van der Waals surface area contributed by atoms with E-state index < -0.39 is 0 Å². The van der Waals surface area contributed by atoms with Crippen molar-refractivity contribution in [3.8, 4) is 11.3 Å². The molecule has 180 valence electrons. The van der Waals surface area contributed by atoms with Crippen molar-refractivity contribution in [1.82, 2.24) is 19.9 Å². The number of benzene rings is 3. The van der Waals surface area contributed by atoms with Crippen molar-refractivity contribution in [1.29, 1.82) is 0 Å². The predicted molar refractivity (Wildman–Crippen MR) is 148 cm³/mol. The number of anilines is 1. The first-order valence-corrected chi connectivity index (χ1v) is 12.7. The quantitative estimate of drug-likeness (QED) is 0.217. The molecule has 9 heteroatoms. The topological polar surface area (TPSA) is 71.3 Å². The lowest BCUT2D eigenvalue weighted by Gasteiger charge is -2.12. The molecule has 2 aromatic heterocycles. The fraction of sp³-hybridized carbons (Fsp3) is 0.0741. The van der Waals surface area contributed by atoms with Crippen LogP contribution in [0.4, 0.5) is 5.82 Å². The van der Waals surface area contributed by atoms with Gasteiger partial charge in [0.15, 0.2) is 5.65 Å². The molecule has 6 nitrogen and oxygen atoms in total. The Bertz CT molecular complexity index is 1550. The molecule has 0 fully saturated rings. The molecular formula is C27H20BrCl2N5O. The summed E-state index contributed by atoms with van der Waals surface area (Å²) in [6.07, 6.45) is 1.72. The van der Waals surface area contributed by atoms with Gasteiger partial charge in [0.2, 0.25) is 0 Å². The minimum absolute atomic E-state index is 0.201. The molecule has 0 saturated heterocycles. The van der Waals surface area contributed by atoms with E-state index in [2.05, 4.69) is 31.7 Å². The van der Waals surface area contributed by atoms with Gasteiger partial charge in [-0.15, -0.1) is 0 Å². The van der Waals surface area contributed by atoms with Crippen LogP contribution in [0, 0.1) is 0 Å². The maximum Gasteiger partial charge on any atom is 0.253 e. The number of aromatic nitrogens is 3. The Morgan fingerprint density at radius 1 is 0.889 bits per heavy atom. The van der Waals surface area contributed by atoms with Crippen molar-refractivity contribution in [3.63, 3.8) is 0 Å². The average Bonchev–Trinajstić information content (AvgIpc) is 3.27. The molecule has 2 N–H and O–H groups in total. The van der Waals surface area contributed by atoms with Gasteiger partial charge in [-0.1, -0.05) is 77.8 Å². The van der Waals surface area contributed by atoms with Crippen LogP contribution in [0.5, 0.6) is 0 Å². The second kappa shape index (κ2) is 10.7. The Morgan fingerprint density at radius 3 is 2.28 bits per heavy atom. The lowest BCUT2D eigenvalue weighted by atomic mass is 10.1. The van der Waals surface area contributed by atoms with Crippen LogP contribution in [-0.2, 0) is 13.1 Å². The molecule has 0 radical (unpaired) electrons. The summed E-state index contributed by atoms with van der Waals surface area (Å²) in [4.78, 5) is 17.1. The molecule has 5 rings (SSSR count). The summed E-state index contributed by atoms with van der Waals surface area (Å²) >= 11 is 16.1. The normalized spacial score (nSPS) is 11.0. The number of carbonyl (C=O) groups is 1. The van der Waals surface area contributed by atoms with Gasteiger partial charge < -0.3 is 10.6 Å². The van der Waals surface area contributed by atoms with Crippen molar-refractivity contribution in [2.75, 3.05) is 5.32 Å². The summed E-state index contributed by atoms with van der Waals surface area (Å²) in [6.45, 7) is 0.982. The van der Waals surface area contributed by atoms with Gasteiger partial charge in [0.1, 0.15) is 5.82 Å². The number of rotatable bonds is 7. The minimum Gasteiger partial charge on any atom is -0.366 e. The van der Waals surface area contributed by atoms with Crippen molar-refractivity contribution >= 4 is 56.5 Å². The van der Waals surface area contributed by atoms with E-state index in [9.17, 15) is 4.79 Å². The van der Waals surface area contributed by atoms with Crippen molar-refractivity contribution < 1.29 is 4.79 Å². The molecule has 1 amide bonds. The number of halogens is 3. The highest BCUT2D eigenvalue weighted by Crippen LogP contribution is 2.30. The fourth-order valence-corrected chi connectivity index (χ4v) is 4.56. The maximum absolute atomic E-state index is 12.4. The highest BCUT2D eigenvalue weighted by Gasteiger charge is 2.13. The third-order valence-electron chi connectivity index (χ3n) is 5.65. The second-order valence-corrected chi connectivity index (χ2v) is 9.74. The van der Waals surface area contributed by atoms with Gasteiger partial charge in [0, 0.05) is 29.7 Å². The third-order valence-corrected chi connectivity index (χ3v) is 6.87. The van der Waals surface area contributed by atoms with Crippen LogP contribution >= 0.6 is 39.1 Å². The molecule has 3 aromatic carbocycles. The molecule has 0 bridgehead atoms. The minimum atomic E-state index is -0.201. The van der Waals surface area contributed by atoms with E-state index in [-0.39, 0.29) is 5.91 Å². The number of hydrogen-bond acceptors (Lipinski definition) is 4. The van der Waals surface area contributed by atoms with E-state index in [0.29, 0.717) is 34.3 Å². The zero-order chi connectivity index (χ0) is 25.1. The van der Waals surface area contributed by atoms with Gasteiger partial charge in [0.25, 0.3) is 5.91 Å². The Labute approximate surface area is 226 Å². The van der Waals surface area contributed by atoms with Crippen LogP contribution in [0.15, 0.2) is 89.5 Å². The molecule has 0 aliphatic rings. The van der Waals surface area contributed by atoms with Gasteiger partial charge in [-0.25, -0.2) is 4.98 Å². The smallest absolute Gasteiger partial charge is 0.253 e. The lowest BCUT2D eigenvalue weighted by Crippen LogP contribution is -2.23. The highest BCUT2D eigenvalue weighted by atomic mass is 79.9. The largest absolute Gasteiger partial charge is 0.366 e. The first-order valence-electron chi connectivity index (χ1n) is 11.1. The van der Waals surface area contributed by atoms with Crippen LogP contribution in [-0.4, -0.2) is 20.5 Å². The molecule has 5 aromatic rings. The third kappa shape index (κ3) is 5.23. The van der Waals surface area contributed by atoms with Crippen LogP contribution in [0.25, 0.3) is 16.9 Å². The summed E-state index contributed by atoms with van der Waals surface area (Å²) in [5.74, 6) is 0.587. The summed E-state index contributed by atoms with van der Waals surface area (Å²) in [7, 11) is 0. The Kier molecular flexibility index (Phi) is 7.23. The summed E-state index contributed by atoms with van der Waals surface area (Å²) in [6, 6.07) is 24.6. The standard InChI is InChI=1S/C27H20BrCl2N5O/c28-21-16-33-35-25(13-24(34-26(21)35)19-5-1-3-7-22(19)29)31-14-17-9-11-18(12-10-17)15-32-27(36)20-6-2-4-8-23(20)30/h1-13,16,31H,14-15H2,(H,32,36). The summed E-state index contributed by atoms with van der Waals surface area (Å²) in [5.41, 5.74) is 4.82. The number of nitrogens with one attached hydrogen (secondary N) is 2. The SMILES string of the molecule is O=C(NCc1ccc(CNc2cc(-c3ccccc3Cl)nc3c(Br)cnn23)cc1)c1ccccc1Cl.